The molecule has 0 saturated carbocycles. The Balaban J connectivity index is 1.62. The number of nitrogens with one attached hydrogen (secondary N) is 2. The Morgan fingerprint density at radius 1 is 1.09 bits per heavy atom. The van der Waals surface area contributed by atoms with Crippen LogP contribution < -0.4 is 10.6 Å². The maximum atomic E-state index is 12.6. The van der Waals surface area contributed by atoms with E-state index < -0.39 is 24.0 Å². The standard InChI is InChI=1S/C14H20F3N3O2/c15-14(16,17)11-4-3-10(12(21)19-11)13(22)20-6-5-8-1-2-9(7-20)18-8/h8-11,18H,1-7H2,(H,19,21). The topological polar surface area (TPSA) is 61.4 Å². The molecule has 8 heteroatoms. The molecule has 3 fully saturated rings. The summed E-state index contributed by atoms with van der Waals surface area (Å²) in [6.45, 7) is 1.11. The molecule has 3 aliphatic rings. The number of carbonyl (C=O) groups is 2. The second-order valence-corrected chi connectivity index (χ2v) is 6.44. The third kappa shape index (κ3) is 3.06. The normalized spacial score (nSPS) is 36.0. The van der Waals surface area contributed by atoms with E-state index >= 15 is 0 Å². The maximum Gasteiger partial charge on any atom is 0.408 e. The minimum atomic E-state index is -4.45. The average Bonchev–Trinajstić information content (AvgIpc) is 2.76. The molecule has 2 amide bonds. The summed E-state index contributed by atoms with van der Waals surface area (Å²) < 4.78 is 37.9. The molecule has 0 aliphatic carbocycles. The van der Waals surface area contributed by atoms with Gasteiger partial charge in [0.2, 0.25) is 11.8 Å². The molecule has 0 aromatic heterocycles. The SMILES string of the molecule is O=C1NC(C(F)(F)F)CCC1C(=O)N1CCC2CCC(C1)N2. The zero-order valence-electron chi connectivity index (χ0n) is 12.2. The number of hydrogen-bond acceptors (Lipinski definition) is 3. The van der Waals surface area contributed by atoms with Crippen LogP contribution in [0.3, 0.4) is 0 Å². The van der Waals surface area contributed by atoms with Gasteiger partial charge in [0.15, 0.2) is 0 Å². The summed E-state index contributed by atoms with van der Waals surface area (Å²) in [7, 11) is 0. The van der Waals surface area contributed by atoms with Crippen molar-refractivity contribution in [2.24, 2.45) is 5.92 Å². The fraction of sp³-hybridized carbons (Fsp3) is 0.857. The molecule has 2 bridgehead atoms. The Labute approximate surface area is 126 Å². The molecule has 0 aromatic rings. The van der Waals surface area contributed by atoms with Crippen molar-refractivity contribution in [3.05, 3.63) is 0 Å². The average molecular weight is 319 g/mol. The first-order valence-corrected chi connectivity index (χ1v) is 7.76. The van der Waals surface area contributed by atoms with Crippen molar-refractivity contribution in [2.45, 2.75) is 56.4 Å². The fourth-order valence-corrected chi connectivity index (χ4v) is 3.65. The van der Waals surface area contributed by atoms with E-state index in [9.17, 15) is 22.8 Å². The number of amides is 2. The van der Waals surface area contributed by atoms with Gasteiger partial charge >= 0.3 is 6.18 Å². The smallest absolute Gasteiger partial charge is 0.344 e. The van der Waals surface area contributed by atoms with Crippen molar-refractivity contribution in [2.75, 3.05) is 13.1 Å². The van der Waals surface area contributed by atoms with Crippen molar-refractivity contribution in [1.82, 2.24) is 15.5 Å². The molecule has 4 atom stereocenters. The number of hydrogen-bond donors (Lipinski definition) is 2. The highest BCUT2D eigenvalue weighted by Crippen LogP contribution is 2.30. The fourth-order valence-electron chi connectivity index (χ4n) is 3.65. The summed E-state index contributed by atoms with van der Waals surface area (Å²) >= 11 is 0. The number of alkyl halides is 3. The van der Waals surface area contributed by atoms with E-state index in [4.69, 9.17) is 0 Å². The van der Waals surface area contributed by atoms with Crippen molar-refractivity contribution in [3.63, 3.8) is 0 Å². The number of nitrogens with zero attached hydrogens (tertiary/aromatic N) is 1. The molecule has 4 unspecified atom stereocenters. The highest BCUT2D eigenvalue weighted by Gasteiger charge is 2.47. The quantitative estimate of drug-likeness (QED) is 0.703. The lowest BCUT2D eigenvalue weighted by Gasteiger charge is -2.33. The lowest BCUT2D eigenvalue weighted by molar-refractivity contribution is -0.172. The molecular formula is C14H20F3N3O2. The van der Waals surface area contributed by atoms with Gasteiger partial charge in [0, 0.05) is 25.2 Å². The van der Waals surface area contributed by atoms with Crippen molar-refractivity contribution in [1.29, 1.82) is 0 Å². The first-order valence-electron chi connectivity index (χ1n) is 7.76. The second kappa shape index (κ2) is 5.72. The van der Waals surface area contributed by atoms with Crippen molar-refractivity contribution in [3.8, 4) is 0 Å². The summed E-state index contributed by atoms with van der Waals surface area (Å²) in [5.74, 6) is -2.09. The Morgan fingerprint density at radius 2 is 1.82 bits per heavy atom. The number of likely N-dealkylation sites (tertiary alicyclic amines) is 1. The summed E-state index contributed by atoms with van der Waals surface area (Å²) in [4.78, 5) is 26.1. The van der Waals surface area contributed by atoms with Crippen LogP contribution in [0.2, 0.25) is 0 Å². The summed E-state index contributed by atoms with van der Waals surface area (Å²) in [5.41, 5.74) is 0. The molecule has 0 aromatic carbocycles. The van der Waals surface area contributed by atoms with Gasteiger partial charge in [-0.3, -0.25) is 9.59 Å². The third-order valence-electron chi connectivity index (χ3n) is 4.91. The van der Waals surface area contributed by atoms with Crippen LogP contribution in [0, 0.1) is 5.92 Å². The Hall–Kier alpha value is -1.31. The van der Waals surface area contributed by atoms with E-state index in [-0.39, 0.29) is 24.8 Å². The van der Waals surface area contributed by atoms with Gasteiger partial charge in [0.1, 0.15) is 12.0 Å². The van der Waals surface area contributed by atoms with Crippen LogP contribution in [0.5, 0.6) is 0 Å². The highest BCUT2D eigenvalue weighted by atomic mass is 19.4. The van der Waals surface area contributed by atoms with Gasteiger partial charge in [0.25, 0.3) is 0 Å². The Bertz CT molecular complexity index is 469. The van der Waals surface area contributed by atoms with Crippen molar-refractivity contribution < 1.29 is 22.8 Å². The van der Waals surface area contributed by atoms with Gasteiger partial charge < -0.3 is 15.5 Å². The first-order chi connectivity index (χ1) is 10.3. The highest BCUT2D eigenvalue weighted by molar-refractivity contribution is 6.01. The number of carbonyl (C=O) groups excluding carboxylic acids is 2. The van der Waals surface area contributed by atoms with Gasteiger partial charge in [0.05, 0.1) is 0 Å². The van der Waals surface area contributed by atoms with Gasteiger partial charge in [-0.05, 0) is 32.1 Å². The minimum absolute atomic E-state index is 0.0349. The van der Waals surface area contributed by atoms with Crippen LogP contribution in [0.15, 0.2) is 0 Å². The largest absolute Gasteiger partial charge is 0.408 e. The van der Waals surface area contributed by atoms with Crippen LogP contribution in [0.4, 0.5) is 13.2 Å². The van der Waals surface area contributed by atoms with Gasteiger partial charge in [-0.15, -0.1) is 0 Å². The molecule has 3 aliphatic heterocycles. The molecule has 5 nitrogen and oxygen atoms in total. The first kappa shape index (κ1) is 15.6. The van der Waals surface area contributed by atoms with Crippen molar-refractivity contribution >= 4 is 11.8 Å². The summed E-state index contributed by atoms with van der Waals surface area (Å²) in [6, 6.07) is -1.17. The minimum Gasteiger partial charge on any atom is -0.344 e. The Morgan fingerprint density at radius 3 is 2.50 bits per heavy atom. The lowest BCUT2D eigenvalue weighted by atomic mass is 9.92. The predicted octanol–water partition coefficient (Wildman–Crippen LogP) is 0.796. The van der Waals surface area contributed by atoms with E-state index in [1.165, 1.54) is 0 Å². The molecule has 3 rings (SSSR count). The number of fused-ring (bicyclic) bond motifs is 2. The number of halogens is 3. The van der Waals surface area contributed by atoms with Gasteiger partial charge in [-0.1, -0.05) is 0 Å². The second-order valence-electron chi connectivity index (χ2n) is 6.44. The molecular weight excluding hydrogens is 299 g/mol. The molecule has 3 heterocycles. The van der Waals surface area contributed by atoms with Crippen LogP contribution in [-0.4, -0.2) is 54.1 Å². The molecule has 0 spiro atoms. The summed E-state index contributed by atoms with van der Waals surface area (Å²) in [5, 5.41) is 5.38. The van der Waals surface area contributed by atoms with Crippen LogP contribution in [0.25, 0.3) is 0 Å². The molecule has 2 N–H and O–H groups in total. The van der Waals surface area contributed by atoms with Gasteiger partial charge in [-0.2, -0.15) is 13.2 Å². The molecule has 0 radical (unpaired) electrons. The molecule has 124 valence electrons. The molecule has 3 saturated heterocycles. The lowest BCUT2D eigenvalue weighted by Crippen LogP contribution is -2.55. The van der Waals surface area contributed by atoms with E-state index in [1.54, 1.807) is 4.90 Å². The number of rotatable bonds is 1. The number of piperidine rings is 1. The van der Waals surface area contributed by atoms with Crippen LogP contribution >= 0.6 is 0 Å². The monoisotopic (exact) mass is 319 g/mol. The third-order valence-corrected chi connectivity index (χ3v) is 4.91. The van der Waals surface area contributed by atoms with E-state index in [2.05, 4.69) is 5.32 Å². The molecule has 22 heavy (non-hydrogen) atoms. The van der Waals surface area contributed by atoms with E-state index in [1.807, 2.05) is 5.32 Å². The Kier molecular flexibility index (Phi) is 4.05. The van der Waals surface area contributed by atoms with E-state index in [0.717, 1.165) is 19.3 Å². The maximum absolute atomic E-state index is 12.6. The zero-order chi connectivity index (χ0) is 15.9. The zero-order valence-corrected chi connectivity index (χ0v) is 12.2. The predicted molar refractivity (Wildman–Crippen MR) is 71.9 cm³/mol. The van der Waals surface area contributed by atoms with Gasteiger partial charge in [-0.25, -0.2) is 0 Å². The van der Waals surface area contributed by atoms with Crippen LogP contribution in [-0.2, 0) is 9.59 Å². The summed E-state index contributed by atoms with van der Waals surface area (Å²) in [6.07, 6.45) is -1.78. The van der Waals surface area contributed by atoms with E-state index in [0.29, 0.717) is 19.1 Å². The van der Waals surface area contributed by atoms with Crippen LogP contribution in [0.1, 0.15) is 32.1 Å².